The van der Waals surface area contributed by atoms with Crippen LogP contribution < -0.4 is 5.73 Å². The molecule has 3 heteroatoms. The summed E-state index contributed by atoms with van der Waals surface area (Å²) in [6.07, 6.45) is 1.29. The highest BCUT2D eigenvalue weighted by Crippen LogP contribution is 2.28. The standard InChI is InChI=1S/C18H25FN2/c1-13-9-14(2)15(3)21(11-13)12-16-6-7-18(19)17(10-16)5-4-8-20/h6-7,10,13-15H,8-9,11-12,20H2,1-3H3. The molecule has 0 bridgehead atoms. The molecule has 0 spiro atoms. The zero-order valence-corrected chi connectivity index (χ0v) is 13.2. The Morgan fingerprint density at radius 2 is 2.10 bits per heavy atom. The SMILES string of the molecule is CC1CC(C)C(C)N(Cc2ccc(F)c(C#CCN)c2)C1. The second-order valence-electron chi connectivity index (χ2n) is 6.31. The van der Waals surface area contributed by atoms with Crippen LogP contribution in [0.15, 0.2) is 18.2 Å². The summed E-state index contributed by atoms with van der Waals surface area (Å²) >= 11 is 0. The number of piperidine rings is 1. The quantitative estimate of drug-likeness (QED) is 0.848. The predicted molar refractivity (Wildman–Crippen MR) is 85.1 cm³/mol. The highest BCUT2D eigenvalue weighted by atomic mass is 19.1. The molecule has 1 aromatic rings. The molecule has 0 amide bonds. The van der Waals surface area contributed by atoms with Gasteiger partial charge < -0.3 is 5.73 Å². The minimum absolute atomic E-state index is 0.252. The van der Waals surface area contributed by atoms with Gasteiger partial charge in [-0.3, -0.25) is 4.90 Å². The first kappa shape index (κ1) is 16.0. The van der Waals surface area contributed by atoms with Crippen LogP contribution in [0, 0.1) is 29.5 Å². The Kier molecular flexibility index (Phi) is 5.39. The lowest BCUT2D eigenvalue weighted by Crippen LogP contribution is -2.45. The summed E-state index contributed by atoms with van der Waals surface area (Å²) in [6, 6.07) is 5.79. The fourth-order valence-corrected chi connectivity index (χ4v) is 3.19. The van der Waals surface area contributed by atoms with Crippen molar-refractivity contribution in [2.75, 3.05) is 13.1 Å². The zero-order chi connectivity index (χ0) is 15.4. The number of likely N-dealkylation sites (tertiary alicyclic amines) is 1. The molecular formula is C18H25FN2. The van der Waals surface area contributed by atoms with Gasteiger partial charge in [0, 0.05) is 19.1 Å². The van der Waals surface area contributed by atoms with Gasteiger partial charge in [0.15, 0.2) is 0 Å². The lowest BCUT2D eigenvalue weighted by atomic mass is 9.85. The van der Waals surface area contributed by atoms with E-state index in [1.165, 1.54) is 12.5 Å². The van der Waals surface area contributed by atoms with Gasteiger partial charge in [0.05, 0.1) is 12.1 Å². The van der Waals surface area contributed by atoms with E-state index in [9.17, 15) is 4.39 Å². The first-order valence-electron chi connectivity index (χ1n) is 7.72. The van der Waals surface area contributed by atoms with Crippen LogP contribution in [0.1, 0.15) is 38.3 Å². The van der Waals surface area contributed by atoms with Gasteiger partial charge in [-0.15, -0.1) is 0 Å². The Bertz CT molecular complexity index is 544. The minimum Gasteiger partial charge on any atom is -0.320 e. The number of halogens is 1. The number of rotatable bonds is 2. The van der Waals surface area contributed by atoms with Crippen molar-refractivity contribution < 1.29 is 4.39 Å². The lowest BCUT2D eigenvalue weighted by Gasteiger charge is -2.41. The van der Waals surface area contributed by atoms with E-state index in [2.05, 4.69) is 37.5 Å². The molecule has 2 N–H and O–H groups in total. The summed E-state index contributed by atoms with van der Waals surface area (Å²) in [6.45, 7) is 9.12. The maximum absolute atomic E-state index is 13.7. The molecule has 0 aromatic heterocycles. The molecule has 2 nitrogen and oxygen atoms in total. The summed E-state index contributed by atoms with van der Waals surface area (Å²) < 4.78 is 13.7. The molecule has 21 heavy (non-hydrogen) atoms. The molecule has 1 aliphatic heterocycles. The van der Waals surface area contributed by atoms with Crippen LogP contribution in [0.3, 0.4) is 0 Å². The van der Waals surface area contributed by atoms with Gasteiger partial charge in [-0.2, -0.15) is 0 Å². The van der Waals surface area contributed by atoms with Gasteiger partial charge in [0.2, 0.25) is 0 Å². The van der Waals surface area contributed by atoms with Crippen LogP contribution in [0.2, 0.25) is 0 Å². The second-order valence-corrected chi connectivity index (χ2v) is 6.31. The topological polar surface area (TPSA) is 29.3 Å². The lowest BCUT2D eigenvalue weighted by molar-refractivity contribution is 0.0729. The van der Waals surface area contributed by atoms with E-state index in [0.717, 1.165) is 18.7 Å². The maximum atomic E-state index is 13.7. The van der Waals surface area contributed by atoms with E-state index >= 15 is 0 Å². The number of hydrogen-bond donors (Lipinski definition) is 1. The molecule has 2 rings (SSSR count). The molecular weight excluding hydrogens is 263 g/mol. The molecule has 1 heterocycles. The van der Waals surface area contributed by atoms with Crippen LogP contribution >= 0.6 is 0 Å². The summed E-state index contributed by atoms with van der Waals surface area (Å²) in [5, 5.41) is 0. The summed E-state index contributed by atoms with van der Waals surface area (Å²) in [5.74, 6) is 6.68. The van der Waals surface area contributed by atoms with Gasteiger partial charge >= 0.3 is 0 Å². The van der Waals surface area contributed by atoms with Crippen LogP contribution in [0.25, 0.3) is 0 Å². The third-order valence-corrected chi connectivity index (χ3v) is 4.46. The molecule has 3 atom stereocenters. The predicted octanol–water partition coefficient (Wildman–Crippen LogP) is 3.00. The van der Waals surface area contributed by atoms with Crippen molar-refractivity contribution >= 4 is 0 Å². The fourth-order valence-electron chi connectivity index (χ4n) is 3.19. The third-order valence-electron chi connectivity index (χ3n) is 4.46. The first-order chi connectivity index (χ1) is 10.0. The Labute approximate surface area is 127 Å². The van der Waals surface area contributed by atoms with Crippen molar-refractivity contribution in [1.29, 1.82) is 0 Å². The Hall–Kier alpha value is -1.37. The zero-order valence-electron chi connectivity index (χ0n) is 13.2. The molecule has 114 valence electrons. The van der Waals surface area contributed by atoms with Crippen LogP contribution in [0.5, 0.6) is 0 Å². The van der Waals surface area contributed by atoms with Crippen LogP contribution in [-0.4, -0.2) is 24.0 Å². The molecule has 1 aromatic carbocycles. The van der Waals surface area contributed by atoms with E-state index in [-0.39, 0.29) is 12.4 Å². The second kappa shape index (κ2) is 7.06. The van der Waals surface area contributed by atoms with Gasteiger partial charge in [-0.25, -0.2) is 4.39 Å². The normalized spacial score (nSPS) is 26.2. The van der Waals surface area contributed by atoms with Crippen molar-refractivity contribution in [3.8, 4) is 11.8 Å². The van der Waals surface area contributed by atoms with Crippen molar-refractivity contribution in [3.63, 3.8) is 0 Å². The van der Waals surface area contributed by atoms with E-state index < -0.39 is 0 Å². The average molecular weight is 288 g/mol. The molecule has 1 fully saturated rings. The van der Waals surface area contributed by atoms with E-state index in [0.29, 0.717) is 23.4 Å². The molecule has 1 saturated heterocycles. The minimum atomic E-state index is -0.270. The number of benzene rings is 1. The van der Waals surface area contributed by atoms with Crippen LogP contribution in [-0.2, 0) is 6.54 Å². The van der Waals surface area contributed by atoms with Gasteiger partial charge in [-0.05, 0) is 42.9 Å². The summed E-state index contributed by atoms with van der Waals surface area (Å²) in [4.78, 5) is 2.49. The van der Waals surface area contributed by atoms with Crippen molar-refractivity contribution in [3.05, 3.63) is 35.1 Å². The number of nitrogens with two attached hydrogens (primary N) is 1. The maximum Gasteiger partial charge on any atom is 0.138 e. The summed E-state index contributed by atoms with van der Waals surface area (Å²) in [7, 11) is 0. The van der Waals surface area contributed by atoms with Gasteiger partial charge in [-0.1, -0.05) is 31.8 Å². The van der Waals surface area contributed by atoms with Crippen molar-refractivity contribution in [2.24, 2.45) is 17.6 Å². The van der Waals surface area contributed by atoms with E-state index in [1.54, 1.807) is 0 Å². The monoisotopic (exact) mass is 288 g/mol. The van der Waals surface area contributed by atoms with Gasteiger partial charge in [0.25, 0.3) is 0 Å². The molecule has 0 radical (unpaired) electrons. The Morgan fingerprint density at radius 3 is 2.81 bits per heavy atom. The third kappa shape index (κ3) is 4.06. The molecule has 0 saturated carbocycles. The average Bonchev–Trinajstić information content (AvgIpc) is 2.44. The molecule has 0 aliphatic carbocycles. The summed E-state index contributed by atoms with van der Waals surface area (Å²) in [5.41, 5.74) is 6.92. The van der Waals surface area contributed by atoms with E-state index in [1.807, 2.05) is 12.1 Å². The number of nitrogens with zero attached hydrogens (tertiary/aromatic N) is 1. The van der Waals surface area contributed by atoms with Crippen molar-refractivity contribution in [1.82, 2.24) is 4.90 Å². The first-order valence-corrected chi connectivity index (χ1v) is 7.72. The highest BCUT2D eigenvalue weighted by molar-refractivity contribution is 5.38. The molecule has 1 aliphatic rings. The fraction of sp³-hybridized carbons (Fsp3) is 0.556. The Morgan fingerprint density at radius 1 is 1.33 bits per heavy atom. The number of hydrogen-bond acceptors (Lipinski definition) is 2. The smallest absolute Gasteiger partial charge is 0.138 e. The van der Waals surface area contributed by atoms with Crippen LogP contribution in [0.4, 0.5) is 4.39 Å². The largest absolute Gasteiger partial charge is 0.320 e. The van der Waals surface area contributed by atoms with Crippen molar-refractivity contribution in [2.45, 2.75) is 39.8 Å². The van der Waals surface area contributed by atoms with Gasteiger partial charge in [0.1, 0.15) is 5.82 Å². The molecule has 3 unspecified atom stereocenters. The van der Waals surface area contributed by atoms with E-state index in [4.69, 9.17) is 5.73 Å². The highest BCUT2D eigenvalue weighted by Gasteiger charge is 2.28. The Balaban J connectivity index is 2.15.